The molecule has 0 N–H and O–H groups in total. The van der Waals surface area contributed by atoms with E-state index in [-0.39, 0.29) is 0 Å². The quantitative estimate of drug-likeness (QED) is 0.117. The smallest absolute Gasteiger partial charge is 0.0326 e. The van der Waals surface area contributed by atoms with Crippen molar-refractivity contribution in [3.05, 3.63) is 0 Å². The topological polar surface area (TPSA) is 0 Å². The Morgan fingerprint density at radius 1 is 0.286 bits per heavy atom. The SMILES string of the molecule is CP(C)CCCCCCP(CCCCCCP(C)C)CCCCCCP(C)C. The van der Waals surface area contributed by atoms with Gasteiger partial charge in [0.1, 0.15) is 0 Å². The second kappa shape index (κ2) is 21.9. The van der Waals surface area contributed by atoms with Crippen LogP contribution in [0.15, 0.2) is 0 Å². The molecule has 0 fully saturated rings. The highest BCUT2D eigenvalue weighted by molar-refractivity contribution is 7.57. The Balaban J connectivity index is 3.89. The van der Waals surface area contributed by atoms with Crippen molar-refractivity contribution in [1.29, 1.82) is 0 Å². The second-order valence-corrected chi connectivity index (χ2v) is 20.0. The maximum absolute atomic E-state index is 2.43. The molecule has 0 aliphatic carbocycles. The van der Waals surface area contributed by atoms with Crippen molar-refractivity contribution in [2.75, 3.05) is 77.0 Å². The van der Waals surface area contributed by atoms with E-state index in [1.165, 1.54) is 95.5 Å². The normalized spacial score (nSPS) is 12.2. The van der Waals surface area contributed by atoms with Crippen LogP contribution in [0.1, 0.15) is 77.0 Å². The molecule has 0 aromatic heterocycles. The Kier molecular flexibility index (Phi) is 23.3. The molecule has 0 saturated heterocycles. The summed E-state index contributed by atoms with van der Waals surface area (Å²) in [6, 6.07) is 0. The van der Waals surface area contributed by atoms with Gasteiger partial charge in [0.2, 0.25) is 0 Å². The summed E-state index contributed by atoms with van der Waals surface area (Å²) in [4.78, 5) is 0. The van der Waals surface area contributed by atoms with Crippen LogP contribution in [-0.2, 0) is 0 Å². The first kappa shape index (κ1) is 29.7. The summed E-state index contributed by atoms with van der Waals surface area (Å²) in [5, 5.41) is 0. The first-order valence-corrected chi connectivity index (χ1v) is 21.2. The molecule has 0 atom stereocenters. The van der Waals surface area contributed by atoms with Crippen LogP contribution < -0.4 is 0 Å². The van der Waals surface area contributed by atoms with Crippen molar-refractivity contribution in [1.82, 2.24) is 0 Å². The van der Waals surface area contributed by atoms with Crippen LogP contribution in [0.3, 0.4) is 0 Å². The van der Waals surface area contributed by atoms with Crippen LogP contribution in [0, 0.1) is 0 Å². The van der Waals surface area contributed by atoms with E-state index in [9.17, 15) is 0 Å². The molecule has 0 unspecified atom stereocenters. The molecule has 0 rings (SSSR count). The molecule has 0 nitrogen and oxygen atoms in total. The van der Waals surface area contributed by atoms with Gasteiger partial charge in [0.05, 0.1) is 0 Å². The Morgan fingerprint density at radius 2 is 0.500 bits per heavy atom. The van der Waals surface area contributed by atoms with Crippen molar-refractivity contribution in [2.45, 2.75) is 77.0 Å². The molecule has 0 spiro atoms. The van der Waals surface area contributed by atoms with Crippen LogP contribution >= 0.6 is 31.7 Å². The molecule has 0 radical (unpaired) electrons. The highest BCUT2D eigenvalue weighted by Gasteiger charge is 2.08. The van der Waals surface area contributed by atoms with Gasteiger partial charge in [0.15, 0.2) is 0 Å². The van der Waals surface area contributed by atoms with E-state index in [0.29, 0.717) is 31.7 Å². The van der Waals surface area contributed by atoms with E-state index in [1.54, 1.807) is 18.5 Å². The summed E-state index contributed by atoms with van der Waals surface area (Å²) in [5.41, 5.74) is 0. The molecule has 28 heavy (non-hydrogen) atoms. The highest BCUT2D eigenvalue weighted by Crippen LogP contribution is 2.40. The first-order chi connectivity index (χ1) is 13.4. The lowest BCUT2D eigenvalue weighted by atomic mass is 10.2. The molecule has 4 heteroatoms. The van der Waals surface area contributed by atoms with Crippen LogP contribution in [0.4, 0.5) is 0 Å². The Morgan fingerprint density at radius 3 is 0.714 bits per heavy atom. The van der Waals surface area contributed by atoms with E-state index in [4.69, 9.17) is 0 Å². The van der Waals surface area contributed by atoms with Gasteiger partial charge >= 0.3 is 0 Å². The third-order valence-electron chi connectivity index (χ3n) is 5.49. The molecule has 0 aliphatic rings. The predicted octanol–water partition coefficient (Wildman–Crippen LogP) is 9.37. The van der Waals surface area contributed by atoms with Crippen molar-refractivity contribution in [3.63, 3.8) is 0 Å². The van der Waals surface area contributed by atoms with Crippen molar-refractivity contribution >= 4 is 31.7 Å². The zero-order valence-electron chi connectivity index (χ0n) is 20.5. The largest absolute Gasteiger partial charge is 0.113 e. The van der Waals surface area contributed by atoms with Gasteiger partial charge in [0.25, 0.3) is 0 Å². The molecule has 0 aliphatic heterocycles. The molecule has 0 aromatic carbocycles. The number of hydrogen-bond acceptors (Lipinski definition) is 0. The van der Waals surface area contributed by atoms with E-state index in [0.717, 1.165) is 0 Å². The Hall–Kier alpha value is 1.72. The van der Waals surface area contributed by atoms with Gasteiger partial charge in [-0.25, -0.2) is 0 Å². The van der Waals surface area contributed by atoms with Gasteiger partial charge in [-0.3, -0.25) is 0 Å². The summed E-state index contributed by atoms with van der Waals surface area (Å²) >= 11 is 0. The average Bonchev–Trinajstić information content (AvgIpc) is 2.62. The standard InChI is InChI=1S/C24H54P4/c1-25(2)19-13-7-10-16-22-28(23-17-11-8-14-20-26(3)4)24-18-12-9-15-21-27(5)6/h7-24H2,1-6H3. The number of rotatable bonds is 21. The zero-order valence-corrected chi connectivity index (χ0v) is 24.1. The molecule has 0 aromatic rings. The van der Waals surface area contributed by atoms with Crippen LogP contribution in [-0.4, -0.2) is 77.0 Å². The lowest BCUT2D eigenvalue weighted by Crippen LogP contribution is -1.98. The molecule has 0 heterocycles. The maximum atomic E-state index is 2.43. The number of hydrogen-bond donors (Lipinski definition) is 0. The van der Waals surface area contributed by atoms with Crippen molar-refractivity contribution < 1.29 is 0 Å². The van der Waals surface area contributed by atoms with E-state index in [1.807, 2.05) is 0 Å². The monoisotopic (exact) mass is 466 g/mol. The third kappa shape index (κ3) is 24.0. The van der Waals surface area contributed by atoms with Gasteiger partial charge in [0, 0.05) is 0 Å². The van der Waals surface area contributed by atoms with Gasteiger partial charge in [-0.05, 0) is 115 Å². The van der Waals surface area contributed by atoms with Crippen LogP contribution in [0.2, 0.25) is 0 Å². The predicted molar refractivity (Wildman–Crippen MR) is 148 cm³/mol. The average molecular weight is 467 g/mol. The summed E-state index contributed by atoms with van der Waals surface area (Å²) in [6.45, 7) is 14.6. The minimum Gasteiger partial charge on any atom is -0.113 e. The van der Waals surface area contributed by atoms with E-state index < -0.39 is 0 Å². The molecule has 0 bridgehead atoms. The fraction of sp³-hybridized carbons (Fsp3) is 1.00. The van der Waals surface area contributed by atoms with Crippen LogP contribution in [0.25, 0.3) is 0 Å². The van der Waals surface area contributed by atoms with Gasteiger partial charge in [-0.15, -0.1) is 31.7 Å². The fourth-order valence-electron chi connectivity index (χ4n) is 3.69. The second-order valence-electron chi connectivity index (χ2n) is 9.49. The molecule has 0 amide bonds. The molecule has 170 valence electrons. The van der Waals surface area contributed by atoms with Crippen molar-refractivity contribution in [3.8, 4) is 0 Å². The summed E-state index contributed by atoms with van der Waals surface area (Å²) < 4.78 is 0. The van der Waals surface area contributed by atoms with Crippen molar-refractivity contribution in [2.24, 2.45) is 0 Å². The lowest BCUT2D eigenvalue weighted by Gasteiger charge is -2.18. The third-order valence-corrected chi connectivity index (χ3v) is 12.0. The minimum absolute atomic E-state index is 0.337. The van der Waals surface area contributed by atoms with Gasteiger partial charge in [-0.1, -0.05) is 38.5 Å². The summed E-state index contributed by atoms with van der Waals surface area (Å²) in [6.07, 6.45) is 27.4. The van der Waals surface area contributed by atoms with Crippen LogP contribution in [0.5, 0.6) is 0 Å². The zero-order chi connectivity index (χ0) is 21.0. The summed E-state index contributed by atoms with van der Waals surface area (Å²) in [5.74, 6) is 0. The highest BCUT2D eigenvalue weighted by atomic mass is 31.1. The summed E-state index contributed by atoms with van der Waals surface area (Å²) in [7, 11) is 1.36. The number of unbranched alkanes of at least 4 members (excludes halogenated alkanes) is 9. The molecule has 0 saturated carbocycles. The van der Waals surface area contributed by atoms with Gasteiger partial charge < -0.3 is 0 Å². The van der Waals surface area contributed by atoms with E-state index in [2.05, 4.69) is 40.0 Å². The first-order valence-electron chi connectivity index (χ1n) is 12.1. The Bertz CT molecular complexity index is 257. The Labute approximate surface area is 185 Å². The molecular formula is C24H54P4. The molecular weight excluding hydrogens is 412 g/mol. The fourth-order valence-corrected chi connectivity index (χ4v) is 8.94. The van der Waals surface area contributed by atoms with Gasteiger partial charge in [-0.2, -0.15) is 0 Å². The maximum Gasteiger partial charge on any atom is -0.0326 e. The van der Waals surface area contributed by atoms with E-state index >= 15 is 0 Å². The lowest BCUT2D eigenvalue weighted by molar-refractivity contribution is 0.690. The minimum atomic E-state index is 0.337.